The van der Waals surface area contributed by atoms with Crippen molar-refractivity contribution in [1.29, 1.82) is 0 Å². The minimum absolute atomic E-state index is 0.628. The van der Waals surface area contributed by atoms with Crippen molar-refractivity contribution in [2.45, 2.75) is 82.7 Å². The molecule has 0 spiro atoms. The molecule has 0 nitrogen and oxygen atoms in total. The summed E-state index contributed by atoms with van der Waals surface area (Å²) in [7, 11) is 3.36. The van der Waals surface area contributed by atoms with E-state index in [0.29, 0.717) is 5.16 Å². The van der Waals surface area contributed by atoms with E-state index in [-0.39, 0.29) is 0 Å². The van der Waals surface area contributed by atoms with E-state index < -0.39 is 0 Å². The molecule has 0 aromatic heterocycles. The topological polar surface area (TPSA) is 0 Å². The fraction of sp³-hybridized carbons (Fsp3) is 1.00. The second kappa shape index (κ2) is 5.85. The quantitative estimate of drug-likeness (QED) is 0.581. The summed E-state index contributed by atoms with van der Waals surface area (Å²) >= 11 is 0. The van der Waals surface area contributed by atoms with Crippen molar-refractivity contribution in [3.05, 3.63) is 0 Å². The van der Waals surface area contributed by atoms with Crippen molar-refractivity contribution < 1.29 is 0 Å². The van der Waals surface area contributed by atoms with Gasteiger partial charge in [-0.25, -0.2) is 0 Å². The second-order valence-electron chi connectivity index (χ2n) is 6.18. The summed E-state index contributed by atoms with van der Waals surface area (Å²) in [4.78, 5) is 0. The summed E-state index contributed by atoms with van der Waals surface area (Å²) in [5.74, 6) is 2.07. The number of unbranched alkanes of at least 4 members (excludes halogenated alkanes) is 1. The highest BCUT2D eigenvalue weighted by atomic mass is 31.0. The minimum Gasteiger partial charge on any atom is -0.131 e. The second-order valence-corrected chi connectivity index (χ2v) is 7.25. The number of hydrogen-bond donors (Lipinski definition) is 0. The van der Waals surface area contributed by atoms with Gasteiger partial charge in [0.15, 0.2) is 0 Å². The van der Waals surface area contributed by atoms with Crippen molar-refractivity contribution in [2.24, 2.45) is 11.8 Å². The molecule has 0 aliphatic heterocycles. The molecule has 0 bridgehead atoms. The Morgan fingerprint density at radius 3 is 1.75 bits per heavy atom. The molecule has 94 valence electrons. The Bertz CT molecular complexity index is 183. The molecule has 2 rings (SSSR count). The van der Waals surface area contributed by atoms with Gasteiger partial charge >= 0.3 is 0 Å². The Balaban J connectivity index is 2.03. The maximum absolute atomic E-state index is 3.36. The molecule has 2 aliphatic carbocycles. The summed E-state index contributed by atoms with van der Waals surface area (Å²) in [6.45, 7) is 2.34. The Morgan fingerprint density at radius 2 is 1.38 bits per heavy atom. The van der Waals surface area contributed by atoms with Crippen molar-refractivity contribution in [3.63, 3.8) is 0 Å². The smallest absolute Gasteiger partial charge is 0.00939 e. The average Bonchev–Trinajstić information content (AvgIpc) is 2.96. The van der Waals surface area contributed by atoms with E-state index in [0.717, 1.165) is 11.8 Å². The molecular formula is C15H29P. The largest absolute Gasteiger partial charge is 0.131 e. The minimum atomic E-state index is 0.628. The molecule has 2 saturated carbocycles. The van der Waals surface area contributed by atoms with Gasteiger partial charge < -0.3 is 0 Å². The van der Waals surface area contributed by atoms with E-state index in [1.165, 1.54) is 70.6 Å². The van der Waals surface area contributed by atoms with Gasteiger partial charge in [-0.2, -0.15) is 0 Å². The van der Waals surface area contributed by atoms with Crippen LogP contribution >= 0.6 is 9.24 Å². The molecule has 0 aromatic rings. The van der Waals surface area contributed by atoms with E-state index in [2.05, 4.69) is 16.2 Å². The molecule has 1 atom stereocenters. The predicted octanol–water partition coefficient (Wildman–Crippen LogP) is 5.17. The van der Waals surface area contributed by atoms with Gasteiger partial charge in [-0.05, 0) is 49.1 Å². The molecule has 0 heterocycles. The van der Waals surface area contributed by atoms with Gasteiger partial charge in [0, 0.05) is 0 Å². The van der Waals surface area contributed by atoms with Gasteiger partial charge in [-0.1, -0.05) is 45.4 Å². The standard InChI is InChI=1S/C15H29P/c1-2-3-12-15(16,13-8-4-5-9-13)14-10-6-7-11-14/h13-14H,2-12,16H2,1H3. The lowest BCUT2D eigenvalue weighted by Gasteiger charge is -2.41. The van der Waals surface area contributed by atoms with Crippen LogP contribution < -0.4 is 0 Å². The third-order valence-electron chi connectivity index (χ3n) is 5.19. The number of rotatable bonds is 5. The summed E-state index contributed by atoms with van der Waals surface area (Å²) in [6, 6.07) is 0. The van der Waals surface area contributed by atoms with E-state index in [1.54, 1.807) is 0 Å². The lowest BCUT2D eigenvalue weighted by Crippen LogP contribution is -2.37. The van der Waals surface area contributed by atoms with Gasteiger partial charge in [-0.15, -0.1) is 9.24 Å². The highest BCUT2D eigenvalue weighted by molar-refractivity contribution is 7.19. The first-order chi connectivity index (χ1) is 7.77. The molecule has 1 unspecified atom stereocenters. The molecule has 0 saturated heterocycles. The van der Waals surface area contributed by atoms with Crippen molar-refractivity contribution in [2.75, 3.05) is 0 Å². The fourth-order valence-corrected chi connectivity index (χ4v) is 5.02. The molecule has 0 amide bonds. The molecule has 0 radical (unpaired) electrons. The third kappa shape index (κ3) is 2.63. The van der Waals surface area contributed by atoms with Crippen LogP contribution in [0.2, 0.25) is 0 Å². The zero-order chi connectivity index (χ0) is 11.4. The van der Waals surface area contributed by atoms with Crippen LogP contribution in [0, 0.1) is 11.8 Å². The van der Waals surface area contributed by atoms with Crippen LogP contribution in [0.1, 0.15) is 77.6 Å². The van der Waals surface area contributed by atoms with Crippen molar-refractivity contribution in [3.8, 4) is 0 Å². The van der Waals surface area contributed by atoms with Crippen molar-refractivity contribution in [1.82, 2.24) is 0 Å². The monoisotopic (exact) mass is 240 g/mol. The summed E-state index contributed by atoms with van der Waals surface area (Å²) in [5.41, 5.74) is 0. The van der Waals surface area contributed by atoms with E-state index in [1.807, 2.05) is 0 Å². The maximum atomic E-state index is 3.36. The zero-order valence-corrected chi connectivity index (χ0v) is 12.2. The fourth-order valence-electron chi connectivity index (χ4n) is 4.15. The normalized spacial score (nSPS) is 24.4. The Hall–Kier alpha value is 0.430. The van der Waals surface area contributed by atoms with Crippen molar-refractivity contribution >= 4 is 9.24 Å². The van der Waals surface area contributed by atoms with Crippen LogP contribution in [0.15, 0.2) is 0 Å². The van der Waals surface area contributed by atoms with E-state index in [4.69, 9.17) is 0 Å². The Kier molecular flexibility index (Phi) is 4.71. The molecule has 0 N–H and O–H groups in total. The van der Waals surface area contributed by atoms with Crippen LogP contribution in [-0.4, -0.2) is 5.16 Å². The van der Waals surface area contributed by atoms with Crippen LogP contribution in [0.3, 0.4) is 0 Å². The first kappa shape index (κ1) is 12.9. The molecular weight excluding hydrogens is 211 g/mol. The Morgan fingerprint density at radius 1 is 0.938 bits per heavy atom. The highest BCUT2D eigenvalue weighted by Crippen LogP contribution is 2.52. The summed E-state index contributed by atoms with van der Waals surface area (Å²) in [6.07, 6.45) is 16.4. The third-order valence-corrected chi connectivity index (χ3v) is 6.43. The van der Waals surface area contributed by atoms with Crippen LogP contribution in [0.4, 0.5) is 0 Å². The zero-order valence-electron chi connectivity index (χ0n) is 11.0. The Labute approximate surface area is 104 Å². The van der Waals surface area contributed by atoms with E-state index >= 15 is 0 Å². The lowest BCUT2D eigenvalue weighted by molar-refractivity contribution is 0.251. The first-order valence-corrected chi connectivity index (χ1v) is 8.14. The first-order valence-electron chi connectivity index (χ1n) is 7.56. The summed E-state index contributed by atoms with van der Waals surface area (Å²) < 4.78 is 0. The van der Waals surface area contributed by atoms with Crippen LogP contribution in [0.25, 0.3) is 0 Å². The SMILES string of the molecule is CCCCC(P)(C1CCCC1)C1CCCC1. The predicted molar refractivity (Wildman–Crippen MR) is 75.9 cm³/mol. The number of hydrogen-bond acceptors (Lipinski definition) is 0. The molecule has 2 fully saturated rings. The average molecular weight is 240 g/mol. The molecule has 16 heavy (non-hydrogen) atoms. The van der Waals surface area contributed by atoms with E-state index in [9.17, 15) is 0 Å². The molecule has 2 aliphatic rings. The van der Waals surface area contributed by atoms with Crippen LogP contribution in [0.5, 0.6) is 0 Å². The van der Waals surface area contributed by atoms with Gasteiger partial charge in [0.25, 0.3) is 0 Å². The highest BCUT2D eigenvalue weighted by Gasteiger charge is 2.42. The molecule has 0 aromatic carbocycles. The van der Waals surface area contributed by atoms with Gasteiger partial charge in [0.2, 0.25) is 0 Å². The lowest BCUT2D eigenvalue weighted by atomic mass is 9.75. The van der Waals surface area contributed by atoms with Gasteiger partial charge in [0.1, 0.15) is 0 Å². The van der Waals surface area contributed by atoms with Gasteiger partial charge in [-0.3, -0.25) is 0 Å². The van der Waals surface area contributed by atoms with Gasteiger partial charge in [0.05, 0.1) is 0 Å². The maximum Gasteiger partial charge on any atom is -0.00939 e. The van der Waals surface area contributed by atoms with Crippen LogP contribution in [-0.2, 0) is 0 Å². The summed E-state index contributed by atoms with van der Waals surface area (Å²) in [5, 5.41) is 0.628. The molecule has 1 heteroatoms.